The summed E-state index contributed by atoms with van der Waals surface area (Å²) in [5.74, 6) is 0.882. The number of guanidine groups is 1. The standard InChI is InChI=1S/C22H35ClN4O2.HI/c1-2-24-21(25-10-5-11-27-12-16-29-17-13-27)26-18-22(8-14-28-15-9-22)19-6-3-4-7-20(19)23;/h3-4,6-7H,2,5,8-18H2,1H3,(H2,24,25,26);1H. The third-order valence-corrected chi connectivity index (χ3v) is 6.16. The van der Waals surface area contributed by atoms with Crippen LogP contribution in [-0.4, -0.2) is 76.6 Å². The number of hydrogen-bond acceptors (Lipinski definition) is 4. The fraction of sp³-hybridized carbons (Fsp3) is 0.682. The average molecular weight is 551 g/mol. The zero-order valence-electron chi connectivity index (χ0n) is 18.0. The van der Waals surface area contributed by atoms with Crippen molar-refractivity contribution >= 4 is 41.5 Å². The van der Waals surface area contributed by atoms with Gasteiger partial charge in [0.25, 0.3) is 0 Å². The molecule has 2 heterocycles. The van der Waals surface area contributed by atoms with Gasteiger partial charge in [-0.05, 0) is 44.4 Å². The summed E-state index contributed by atoms with van der Waals surface area (Å²) in [4.78, 5) is 7.42. The molecule has 0 unspecified atom stereocenters. The van der Waals surface area contributed by atoms with Crippen LogP contribution >= 0.6 is 35.6 Å². The van der Waals surface area contributed by atoms with Crippen molar-refractivity contribution in [3.8, 4) is 0 Å². The molecule has 0 aliphatic carbocycles. The molecule has 6 nitrogen and oxygen atoms in total. The van der Waals surface area contributed by atoms with Gasteiger partial charge >= 0.3 is 0 Å². The molecule has 2 N–H and O–H groups in total. The molecule has 0 spiro atoms. The lowest BCUT2D eigenvalue weighted by Crippen LogP contribution is -2.42. The highest BCUT2D eigenvalue weighted by molar-refractivity contribution is 14.0. The lowest BCUT2D eigenvalue weighted by atomic mass is 9.74. The second-order valence-electron chi connectivity index (χ2n) is 7.80. The summed E-state index contributed by atoms with van der Waals surface area (Å²) in [6.07, 6.45) is 2.97. The van der Waals surface area contributed by atoms with Crippen molar-refractivity contribution in [2.24, 2.45) is 4.99 Å². The third-order valence-electron chi connectivity index (χ3n) is 5.83. The normalized spacial score (nSPS) is 19.7. The Morgan fingerprint density at radius 2 is 1.80 bits per heavy atom. The molecular weight excluding hydrogens is 515 g/mol. The van der Waals surface area contributed by atoms with E-state index in [-0.39, 0.29) is 29.4 Å². The Hall–Kier alpha value is -0.610. The Balaban J connectivity index is 0.00000320. The first-order chi connectivity index (χ1) is 14.2. The van der Waals surface area contributed by atoms with Crippen molar-refractivity contribution in [3.63, 3.8) is 0 Å². The summed E-state index contributed by atoms with van der Waals surface area (Å²) in [6, 6.07) is 8.18. The summed E-state index contributed by atoms with van der Waals surface area (Å²) >= 11 is 6.57. The van der Waals surface area contributed by atoms with E-state index in [1.807, 2.05) is 12.1 Å². The molecule has 1 aromatic carbocycles. The van der Waals surface area contributed by atoms with Gasteiger partial charge < -0.3 is 20.1 Å². The summed E-state index contributed by atoms with van der Waals surface area (Å²) in [7, 11) is 0. The van der Waals surface area contributed by atoms with Crippen LogP contribution in [0.1, 0.15) is 31.7 Å². The van der Waals surface area contributed by atoms with Crippen LogP contribution in [0.2, 0.25) is 5.02 Å². The van der Waals surface area contributed by atoms with E-state index in [4.69, 9.17) is 26.1 Å². The van der Waals surface area contributed by atoms with Gasteiger partial charge in [-0.25, -0.2) is 0 Å². The molecule has 2 saturated heterocycles. The number of rotatable bonds is 8. The van der Waals surface area contributed by atoms with Crippen LogP contribution in [0.5, 0.6) is 0 Å². The molecule has 8 heteroatoms. The second kappa shape index (κ2) is 13.7. The van der Waals surface area contributed by atoms with Crippen LogP contribution in [0.4, 0.5) is 0 Å². The number of morpholine rings is 1. The van der Waals surface area contributed by atoms with E-state index in [0.717, 1.165) is 89.4 Å². The number of ether oxygens (including phenoxy) is 2. The minimum Gasteiger partial charge on any atom is -0.381 e. The molecule has 0 amide bonds. The molecule has 3 rings (SSSR count). The molecule has 170 valence electrons. The number of nitrogens with zero attached hydrogens (tertiary/aromatic N) is 2. The van der Waals surface area contributed by atoms with E-state index in [2.05, 4.69) is 34.6 Å². The number of hydrogen-bond donors (Lipinski definition) is 2. The highest BCUT2D eigenvalue weighted by Gasteiger charge is 2.36. The van der Waals surface area contributed by atoms with Crippen molar-refractivity contribution in [1.82, 2.24) is 15.5 Å². The van der Waals surface area contributed by atoms with E-state index in [0.29, 0.717) is 6.54 Å². The molecule has 1 aromatic rings. The number of halogens is 2. The molecule has 30 heavy (non-hydrogen) atoms. The topological polar surface area (TPSA) is 58.1 Å². The van der Waals surface area contributed by atoms with Gasteiger partial charge in [0.05, 0.1) is 19.8 Å². The number of aliphatic imine (C=N–C) groups is 1. The monoisotopic (exact) mass is 550 g/mol. The first kappa shape index (κ1) is 25.6. The molecule has 0 atom stereocenters. The summed E-state index contributed by atoms with van der Waals surface area (Å²) in [5, 5.41) is 7.71. The quantitative estimate of drug-likeness (QED) is 0.225. The maximum absolute atomic E-state index is 6.57. The zero-order chi connectivity index (χ0) is 20.4. The molecule has 0 bridgehead atoms. The van der Waals surface area contributed by atoms with Crippen molar-refractivity contribution in [1.29, 1.82) is 0 Å². The SMILES string of the molecule is CCNC(=NCC1(c2ccccc2Cl)CCOCC1)NCCCN1CCOCC1.I. The minimum absolute atomic E-state index is 0. The Morgan fingerprint density at radius 1 is 1.10 bits per heavy atom. The fourth-order valence-corrected chi connectivity index (χ4v) is 4.41. The Kier molecular flexibility index (Phi) is 11.7. The summed E-state index contributed by atoms with van der Waals surface area (Å²) < 4.78 is 11.1. The first-order valence-corrected chi connectivity index (χ1v) is 11.3. The first-order valence-electron chi connectivity index (χ1n) is 10.9. The van der Waals surface area contributed by atoms with E-state index in [1.165, 1.54) is 5.56 Å². The lowest BCUT2D eigenvalue weighted by Gasteiger charge is -2.37. The average Bonchev–Trinajstić information content (AvgIpc) is 2.76. The second-order valence-corrected chi connectivity index (χ2v) is 8.21. The third kappa shape index (κ3) is 7.51. The largest absolute Gasteiger partial charge is 0.381 e. The minimum atomic E-state index is -0.0628. The van der Waals surface area contributed by atoms with Crippen molar-refractivity contribution in [2.75, 3.05) is 65.7 Å². The van der Waals surface area contributed by atoms with E-state index in [1.54, 1.807) is 0 Å². The van der Waals surface area contributed by atoms with Crippen LogP contribution < -0.4 is 10.6 Å². The van der Waals surface area contributed by atoms with Gasteiger partial charge in [0.2, 0.25) is 0 Å². The van der Waals surface area contributed by atoms with E-state index < -0.39 is 0 Å². The summed E-state index contributed by atoms with van der Waals surface area (Å²) in [5.41, 5.74) is 1.13. The molecule has 2 aliphatic rings. The predicted octanol–water partition coefficient (Wildman–Crippen LogP) is 3.28. The van der Waals surface area contributed by atoms with Gasteiger partial charge in [-0.3, -0.25) is 9.89 Å². The van der Waals surface area contributed by atoms with Gasteiger partial charge in [0.1, 0.15) is 0 Å². The van der Waals surface area contributed by atoms with E-state index in [9.17, 15) is 0 Å². The molecule has 0 aromatic heterocycles. The summed E-state index contributed by atoms with van der Waals surface area (Å²) in [6.45, 7) is 10.9. The zero-order valence-corrected chi connectivity index (χ0v) is 21.1. The van der Waals surface area contributed by atoms with E-state index >= 15 is 0 Å². The highest BCUT2D eigenvalue weighted by atomic mass is 127. The lowest BCUT2D eigenvalue weighted by molar-refractivity contribution is 0.0376. The van der Waals surface area contributed by atoms with Gasteiger partial charge in [-0.15, -0.1) is 24.0 Å². The molecule has 0 saturated carbocycles. The molecule has 2 aliphatic heterocycles. The predicted molar refractivity (Wildman–Crippen MR) is 134 cm³/mol. The Morgan fingerprint density at radius 3 is 2.50 bits per heavy atom. The molecule has 0 radical (unpaired) electrons. The molecule has 2 fully saturated rings. The molecular formula is C22H36ClIN4O2. The maximum Gasteiger partial charge on any atom is 0.191 e. The van der Waals surface area contributed by atoms with Crippen LogP contribution in [0.3, 0.4) is 0 Å². The van der Waals surface area contributed by atoms with Crippen molar-refractivity contribution < 1.29 is 9.47 Å². The van der Waals surface area contributed by atoms with Gasteiger partial charge in [-0.1, -0.05) is 29.8 Å². The number of nitrogens with one attached hydrogen (secondary N) is 2. The maximum atomic E-state index is 6.57. The van der Waals surface area contributed by atoms with Crippen molar-refractivity contribution in [3.05, 3.63) is 34.9 Å². The van der Waals surface area contributed by atoms with Crippen LogP contribution in [-0.2, 0) is 14.9 Å². The smallest absolute Gasteiger partial charge is 0.191 e. The Labute approximate surface area is 203 Å². The van der Waals surface area contributed by atoms with Gasteiger partial charge in [-0.2, -0.15) is 0 Å². The fourth-order valence-electron chi connectivity index (χ4n) is 4.07. The van der Waals surface area contributed by atoms with Crippen LogP contribution in [0, 0.1) is 0 Å². The highest BCUT2D eigenvalue weighted by Crippen LogP contribution is 2.38. The number of benzene rings is 1. The van der Waals surface area contributed by atoms with Gasteiger partial charge in [0.15, 0.2) is 5.96 Å². The Bertz CT molecular complexity index is 650. The van der Waals surface area contributed by atoms with Crippen LogP contribution in [0.25, 0.3) is 0 Å². The van der Waals surface area contributed by atoms with Crippen LogP contribution in [0.15, 0.2) is 29.3 Å². The van der Waals surface area contributed by atoms with Gasteiger partial charge in [0, 0.05) is 49.8 Å². The van der Waals surface area contributed by atoms with Crippen molar-refractivity contribution in [2.45, 2.75) is 31.6 Å².